The normalized spacial score (nSPS) is 16.3. The van der Waals surface area contributed by atoms with Crippen LogP contribution in [0, 0.1) is 0 Å². The third-order valence-electron chi connectivity index (χ3n) is 6.94. The van der Waals surface area contributed by atoms with E-state index in [0.717, 1.165) is 72.6 Å². The molecule has 1 saturated heterocycles. The number of thiophene rings is 1. The van der Waals surface area contributed by atoms with Crippen molar-refractivity contribution in [2.24, 2.45) is 0 Å². The van der Waals surface area contributed by atoms with Gasteiger partial charge in [0.05, 0.1) is 30.7 Å². The maximum atomic E-state index is 13.2. The van der Waals surface area contributed by atoms with Crippen LogP contribution in [0.3, 0.4) is 0 Å². The maximum Gasteiger partial charge on any atom is 0.231 e. The van der Waals surface area contributed by atoms with Crippen molar-refractivity contribution < 1.29 is 9.47 Å². The second-order valence-electron chi connectivity index (χ2n) is 9.18. The first-order valence-electron chi connectivity index (χ1n) is 12.1. The van der Waals surface area contributed by atoms with Gasteiger partial charge in [-0.15, -0.1) is 11.3 Å². The summed E-state index contributed by atoms with van der Waals surface area (Å²) in [5.41, 5.74) is 2.94. The number of morpholine rings is 1. The van der Waals surface area contributed by atoms with Gasteiger partial charge >= 0.3 is 0 Å². The number of para-hydroxylation sites is 1. The average Bonchev–Trinajstić information content (AvgIpc) is 3.46. The number of pyridine rings is 1. The summed E-state index contributed by atoms with van der Waals surface area (Å²) in [5.74, 6) is 1.96. The van der Waals surface area contributed by atoms with Crippen LogP contribution in [-0.2, 0) is 24.1 Å². The topological polar surface area (TPSA) is 80.3 Å². The van der Waals surface area contributed by atoms with Crippen LogP contribution >= 0.6 is 11.3 Å². The fourth-order valence-electron chi connectivity index (χ4n) is 5.18. The quantitative estimate of drug-likeness (QED) is 0.369. The highest BCUT2D eigenvalue weighted by Crippen LogP contribution is 2.41. The molecule has 1 aliphatic heterocycles. The molecule has 0 spiro atoms. The van der Waals surface area contributed by atoms with Gasteiger partial charge in [0.1, 0.15) is 16.4 Å². The number of rotatable bonds is 4. The Morgan fingerprint density at radius 2 is 1.89 bits per heavy atom. The molecule has 7 nitrogen and oxygen atoms in total. The van der Waals surface area contributed by atoms with E-state index in [1.54, 1.807) is 11.3 Å². The van der Waals surface area contributed by atoms with Gasteiger partial charge in [0.15, 0.2) is 5.43 Å². The summed E-state index contributed by atoms with van der Waals surface area (Å²) >= 11 is 1.76. The first-order valence-corrected chi connectivity index (χ1v) is 12.9. The zero-order valence-electron chi connectivity index (χ0n) is 19.2. The number of nitrogens with one attached hydrogen (secondary N) is 1. The molecule has 0 amide bonds. The Bertz CT molecular complexity index is 1650. The predicted octanol–water partition coefficient (Wildman–Crippen LogP) is 4.80. The largest absolute Gasteiger partial charge is 0.438 e. The van der Waals surface area contributed by atoms with Crippen LogP contribution in [0.4, 0.5) is 0 Å². The summed E-state index contributed by atoms with van der Waals surface area (Å²) in [6, 6.07) is 13.2. The molecule has 0 unspecified atom stereocenters. The van der Waals surface area contributed by atoms with E-state index in [0.29, 0.717) is 28.9 Å². The van der Waals surface area contributed by atoms with E-state index in [2.05, 4.69) is 9.88 Å². The first-order chi connectivity index (χ1) is 17.2. The number of benzene rings is 2. The smallest absolute Gasteiger partial charge is 0.231 e. The van der Waals surface area contributed by atoms with Gasteiger partial charge in [0, 0.05) is 34.3 Å². The molecule has 35 heavy (non-hydrogen) atoms. The number of aromatic nitrogens is 3. The van der Waals surface area contributed by atoms with Crippen molar-refractivity contribution in [3.05, 3.63) is 69.0 Å². The molecular weight excluding hydrogens is 460 g/mol. The molecular formula is C27H24N4O3S. The van der Waals surface area contributed by atoms with Crippen molar-refractivity contribution in [3.63, 3.8) is 0 Å². The predicted molar refractivity (Wildman–Crippen MR) is 138 cm³/mol. The summed E-state index contributed by atoms with van der Waals surface area (Å²) in [6.45, 7) is 3.89. The highest BCUT2D eigenvalue weighted by molar-refractivity contribution is 7.19. The zero-order valence-corrected chi connectivity index (χ0v) is 20.0. The molecule has 7 rings (SSSR count). The highest BCUT2D eigenvalue weighted by atomic mass is 32.1. The van der Waals surface area contributed by atoms with Gasteiger partial charge in [-0.1, -0.05) is 12.1 Å². The average molecular weight is 485 g/mol. The lowest BCUT2D eigenvalue weighted by molar-refractivity contribution is 0.0330. The van der Waals surface area contributed by atoms with Gasteiger partial charge in [-0.2, -0.15) is 4.98 Å². The lowest BCUT2D eigenvalue weighted by atomic mass is 10.1. The minimum Gasteiger partial charge on any atom is -0.438 e. The number of hydrogen-bond donors (Lipinski definition) is 1. The van der Waals surface area contributed by atoms with Gasteiger partial charge in [-0.05, 0) is 55.2 Å². The van der Waals surface area contributed by atoms with E-state index < -0.39 is 0 Å². The summed E-state index contributed by atoms with van der Waals surface area (Å²) in [7, 11) is 0. The number of aryl methyl sites for hydroxylation is 2. The van der Waals surface area contributed by atoms with Gasteiger partial charge < -0.3 is 14.5 Å². The number of aromatic amines is 1. The molecule has 1 N–H and O–H groups in total. The second-order valence-corrected chi connectivity index (χ2v) is 10.3. The Morgan fingerprint density at radius 3 is 2.80 bits per heavy atom. The Labute approximate surface area is 205 Å². The molecule has 2 aliphatic rings. The van der Waals surface area contributed by atoms with Crippen LogP contribution in [0.1, 0.15) is 22.7 Å². The van der Waals surface area contributed by atoms with Crippen LogP contribution in [0.25, 0.3) is 32.0 Å². The van der Waals surface area contributed by atoms with E-state index >= 15 is 0 Å². The molecule has 2 aromatic carbocycles. The number of hydrogen-bond acceptors (Lipinski definition) is 7. The van der Waals surface area contributed by atoms with Crippen molar-refractivity contribution in [2.45, 2.75) is 25.8 Å². The fourth-order valence-corrected chi connectivity index (χ4v) is 6.45. The lowest BCUT2D eigenvalue weighted by Gasteiger charge is -2.25. The van der Waals surface area contributed by atoms with E-state index in [4.69, 9.17) is 19.4 Å². The minimum absolute atomic E-state index is 0.00272. The van der Waals surface area contributed by atoms with Crippen LogP contribution in [0.2, 0.25) is 0 Å². The fraction of sp³-hybridized carbons (Fsp3) is 0.296. The summed E-state index contributed by atoms with van der Waals surface area (Å²) < 4.78 is 11.9. The van der Waals surface area contributed by atoms with Crippen molar-refractivity contribution in [1.29, 1.82) is 0 Å². The van der Waals surface area contributed by atoms with E-state index in [-0.39, 0.29) is 5.43 Å². The SMILES string of the molecule is O=c1c2ccccc2[nH]c2ccc(Oc3nc(CN4CCOCC4)nc4sc5c(c34)CCC5)cc12. The molecule has 176 valence electrons. The van der Waals surface area contributed by atoms with Crippen molar-refractivity contribution in [3.8, 4) is 11.6 Å². The second kappa shape index (κ2) is 8.41. The van der Waals surface area contributed by atoms with Gasteiger partial charge in [0.25, 0.3) is 0 Å². The molecule has 5 aromatic rings. The molecule has 0 atom stereocenters. The van der Waals surface area contributed by atoms with Crippen LogP contribution in [-0.4, -0.2) is 46.2 Å². The number of fused-ring (bicyclic) bond motifs is 5. The summed E-state index contributed by atoms with van der Waals surface area (Å²) in [4.78, 5) is 31.1. The number of ether oxygens (including phenoxy) is 2. The maximum absolute atomic E-state index is 13.2. The van der Waals surface area contributed by atoms with E-state index in [9.17, 15) is 4.79 Å². The van der Waals surface area contributed by atoms with Crippen LogP contribution in [0.15, 0.2) is 47.3 Å². The van der Waals surface area contributed by atoms with Gasteiger partial charge in [-0.25, -0.2) is 4.98 Å². The first kappa shape index (κ1) is 21.0. The highest BCUT2D eigenvalue weighted by Gasteiger charge is 2.24. The van der Waals surface area contributed by atoms with Crippen LogP contribution in [0.5, 0.6) is 11.6 Å². The standard InChI is InChI=1S/C27H24N4O3S/c32-25-17-4-1-2-6-20(17)28-21-9-8-16(14-19(21)25)34-26-24-18-5-3-7-22(18)35-27(24)30-23(29-26)15-31-10-12-33-13-11-31/h1-2,4,6,8-9,14H,3,5,7,10-13,15H2,(H,28,32). The Kier molecular flexibility index (Phi) is 5.04. The Balaban J connectivity index is 1.32. The molecule has 1 fully saturated rings. The molecule has 0 bridgehead atoms. The van der Waals surface area contributed by atoms with E-state index in [1.165, 1.54) is 10.4 Å². The minimum atomic E-state index is -0.00272. The molecule has 3 aromatic heterocycles. The number of nitrogens with zero attached hydrogens (tertiary/aromatic N) is 3. The molecule has 1 aliphatic carbocycles. The molecule has 4 heterocycles. The lowest BCUT2D eigenvalue weighted by Crippen LogP contribution is -2.36. The monoisotopic (exact) mass is 484 g/mol. The van der Waals surface area contributed by atoms with Crippen molar-refractivity contribution >= 4 is 43.4 Å². The molecule has 8 heteroatoms. The van der Waals surface area contributed by atoms with Crippen molar-refractivity contribution in [1.82, 2.24) is 19.9 Å². The summed E-state index contributed by atoms with van der Waals surface area (Å²) in [6.07, 6.45) is 3.28. The Hall–Kier alpha value is -3.33. The van der Waals surface area contributed by atoms with Gasteiger partial charge in [-0.3, -0.25) is 9.69 Å². The third-order valence-corrected chi connectivity index (χ3v) is 8.12. The zero-order chi connectivity index (χ0) is 23.4. The summed E-state index contributed by atoms with van der Waals surface area (Å²) in [5, 5.41) is 2.31. The van der Waals surface area contributed by atoms with E-state index in [1.807, 2.05) is 42.5 Å². The third kappa shape index (κ3) is 3.69. The number of H-pyrrole nitrogens is 1. The molecule has 0 saturated carbocycles. The Morgan fingerprint density at radius 1 is 1.03 bits per heavy atom. The van der Waals surface area contributed by atoms with Crippen molar-refractivity contribution in [2.75, 3.05) is 26.3 Å². The van der Waals surface area contributed by atoms with Crippen LogP contribution < -0.4 is 10.2 Å². The van der Waals surface area contributed by atoms with Gasteiger partial charge in [0.2, 0.25) is 5.88 Å². The molecule has 0 radical (unpaired) electrons.